The molecule has 0 bridgehead atoms. The normalized spacial score (nSPS) is 23.3. The highest BCUT2D eigenvalue weighted by Gasteiger charge is 2.42. The maximum Gasteiger partial charge on any atom is 0.253 e. The molecule has 1 aromatic rings. The summed E-state index contributed by atoms with van der Waals surface area (Å²) in [6, 6.07) is 7.50. The molecule has 2 amide bonds. The molecule has 4 rings (SSSR count). The third-order valence-corrected chi connectivity index (χ3v) is 5.17. The van der Waals surface area contributed by atoms with E-state index in [-0.39, 0.29) is 17.9 Å². The van der Waals surface area contributed by atoms with E-state index in [9.17, 15) is 9.59 Å². The average molecular weight is 328 g/mol. The van der Waals surface area contributed by atoms with Gasteiger partial charge in [0.25, 0.3) is 11.8 Å². The quantitative estimate of drug-likeness (QED) is 0.844. The highest BCUT2D eigenvalue weighted by Crippen LogP contribution is 2.44. The van der Waals surface area contributed by atoms with Crippen molar-refractivity contribution in [2.24, 2.45) is 11.8 Å². The minimum Gasteiger partial charge on any atom is -0.368 e. The predicted octanol–water partition coefficient (Wildman–Crippen LogP) is 2.72. The molecule has 3 aliphatic rings. The van der Waals surface area contributed by atoms with E-state index in [2.05, 4.69) is 10.6 Å². The second kappa shape index (κ2) is 6.55. The van der Waals surface area contributed by atoms with Crippen LogP contribution in [0, 0.1) is 11.8 Å². The summed E-state index contributed by atoms with van der Waals surface area (Å²) in [4.78, 5) is 24.7. The predicted molar refractivity (Wildman–Crippen MR) is 90.7 cm³/mol. The van der Waals surface area contributed by atoms with Crippen molar-refractivity contribution in [2.45, 2.75) is 50.7 Å². The SMILES string of the molecule is O=C(NC(C1CC1)C1CC1)c1cccc(NC(=O)C2CCCO2)c1. The first-order valence-electron chi connectivity index (χ1n) is 9.04. The Morgan fingerprint density at radius 2 is 1.83 bits per heavy atom. The number of carbonyl (C=O) groups is 2. The Morgan fingerprint density at radius 1 is 1.08 bits per heavy atom. The second-order valence-corrected chi connectivity index (χ2v) is 7.25. The molecule has 5 nitrogen and oxygen atoms in total. The summed E-state index contributed by atoms with van der Waals surface area (Å²) in [6.45, 7) is 0.643. The summed E-state index contributed by atoms with van der Waals surface area (Å²) in [5, 5.41) is 6.08. The van der Waals surface area contributed by atoms with Gasteiger partial charge in [-0.15, -0.1) is 0 Å². The molecule has 3 fully saturated rings. The fraction of sp³-hybridized carbons (Fsp3) is 0.579. The van der Waals surface area contributed by atoms with E-state index < -0.39 is 0 Å². The van der Waals surface area contributed by atoms with Gasteiger partial charge in [-0.05, 0) is 68.6 Å². The van der Waals surface area contributed by atoms with Crippen molar-refractivity contribution in [3.05, 3.63) is 29.8 Å². The number of hydrogen-bond acceptors (Lipinski definition) is 3. The second-order valence-electron chi connectivity index (χ2n) is 7.25. The fourth-order valence-electron chi connectivity index (χ4n) is 3.51. The first-order valence-corrected chi connectivity index (χ1v) is 9.04. The molecule has 0 aromatic heterocycles. The minimum absolute atomic E-state index is 0.0352. The van der Waals surface area contributed by atoms with Crippen LogP contribution in [0.25, 0.3) is 0 Å². The molecular formula is C19H24N2O3. The van der Waals surface area contributed by atoms with Crippen LogP contribution in [0.15, 0.2) is 24.3 Å². The van der Waals surface area contributed by atoms with Gasteiger partial charge < -0.3 is 15.4 Å². The molecule has 1 saturated heterocycles. The summed E-state index contributed by atoms with van der Waals surface area (Å²) in [5.41, 5.74) is 1.25. The van der Waals surface area contributed by atoms with Crippen LogP contribution in [0.4, 0.5) is 5.69 Å². The van der Waals surface area contributed by atoms with Crippen molar-refractivity contribution in [3.63, 3.8) is 0 Å². The Kier molecular flexibility index (Phi) is 4.27. The van der Waals surface area contributed by atoms with E-state index in [1.165, 1.54) is 25.7 Å². The lowest BCUT2D eigenvalue weighted by atomic mass is 10.1. The van der Waals surface area contributed by atoms with Gasteiger partial charge in [-0.3, -0.25) is 9.59 Å². The van der Waals surface area contributed by atoms with Crippen LogP contribution in [0.1, 0.15) is 48.9 Å². The molecule has 1 unspecified atom stereocenters. The first kappa shape index (κ1) is 15.6. The Labute approximate surface area is 142 Å². The molecule has 0 radical (unpaired) electrons. The van der Waals surface area contributed by atoms with Crippen LogP contribution in [0.5, 0.6) is 0 Å². The highest BCUT2D eigenvalue weighted by atomic mass is 16.5. The number of amides is 2. The van der Waals surface area contributed by atoms with Gasteiger partial charge in [0.1, 0.15) is 6.10 Å². The number of ether oxygens (including phenoxy) is 1. The van der Waals surface area contributed by atoms with Crippen molar-refractivity contribution >= 4 is 17.5 Å². The molecule has 1 aromatic carbocycles. The summed E-state index contributed by atoms with van der Waals surface area (Å²) in [6.07, 6.45) is 6.26. The van der Waals surface area contributed by atoms with Crippen molar-refractivity contribution in [1.82, 2.24) is 5.32 Å². The fourth-order valence-corrected chi connectivity index (χ4v) is 3.51. The van der Waals surface area contributed by atoms with E-state index in [1.807, 2.05) is 12.1 Å². The smallest absolute Gasteiger partial charge is 0.253 e. The molecule has 5 heteroatoms. The number of nitrogens with one attached hydrogen (secondary N) is 2. The molecule has 24 heavy (non-hydrogen) atoms. The first-order chi connectivity index (χ1) is 11.7. The van der Waals surface area contributed by atoms with Gasteiger partial charge >= 0.3 is 0 Å². The van der Waals surface area contributed by atoms with E-state index in [1.54, 1.807) is 12.1 Å². The van der Waals surface area contributed by atoms with Crippen LogP contribution < -0.4 is 10.6 Å². The molecular weight excluding hydrogens is 304 g/mol. The molecule has 1 aliphatic heterocycles. The van der Waals surface area contributed by atoms with Gasteiger partial charge in [-0.2, -0.15) is 0 Å². The Hall–Kier alpha value is -1.88. The largest absolute Gasteiger partial charge is 0.368 e. The number of anilines is 1. The molecule has 1 heterocycles. The lowest BCUT2D eigenvalue weighted by molar-refractivity contribution is -0.124. The molecule has 1 atom stereocenters. The topological polar surface area (TPSA) is 67.4 Å². The molecule has 128 valence electrons. The van der Waals surface area contributed by atoms with E-state index >= 15 is 0 Å². The Morgan fingerprint density at radius 3 is 2.46 bits per heavy atom. The van der Waals surface area contributed by atoms with Crippen LogP contribution in [-0.4, -0.2) is 30.6 Å². The minimum atomic E-state index is -0.364. The average Bonchev–Trinajstić information content (AvgIpc) is 3.52. The summed E-state index contributed by atoms with van der Waals surface area (Å²) < 4.78 is 5.39. The molecule has 0 spiro atoms. The number of carbonyl (C=O) groups excluding carboxylic acids is 2. The lowest BCUT2D eigenvalue weighted by Crippen LogP contribution is -2.38. The number of hydrogen-bond donors (Lipinski definition) is 2. The molecule has 2 saturated carbocycles. The van der Waals surface area contributed by atoms with Crippen molar-refractivity contribution < 1.29 is 14.3 Å². The van der Waals surface area contributed by atoms with Crippen molar-refractivity contribution in [3.8, 4) is 0 Å². The van der Waals surface area contributed by atoms with Crippen molar-refractivity contribution in [2.75, 3.05) is 11.9 Å². The Bertz CT molecular complexity index is 619. The number of benzene rings is 1. The summed E-state index contributed by atoms with van der Waals surface area (Å²) in [7, 11) is 0. The van der Waals surface area contributed by atoms with Crippen LogP contribution in [-0.2, 0) is 9.53 Å². The highest BCUT2D eigenvalue weighted by molar-refractivity contribution is 5.98. The number of rotatable bonds is 6. The maximum atomic E-state index is 12.6. The van der Waals surface area contributed by atoms with Gasteiger partial charge in [-0.25, -0.2) is 0 Å². The zero-order valence-electron chi connectivity index (χ0n) is 13.8. The van der Waals surface area contributed by atoms with E-state index in [0.29, 0.717) is 35.7 Å². The summed E-state index contributed by atoms with van der Waals surface area (Å²) in [5.74, 6) is 1.18. The lowest BCUT2D eigenvalue weighted by Gasteiger charge is -2.18. The zero-order chi connectivity index (χ0) is 16.5. The summed E-state index contributed by atoms with van der Waals surface area (Å²) >= 11 is 0. The van der Waals surface area contributed by atoms with Gasteiger partial charge in [0, 0.05) is 23.9 Å². The zero-order valence-corrected chi connectivity index (χ0v) is 13.8. The van der Waals surface area contributed by atoms with Gasteiger partial charge in [0.05, 0.1) is 0 Å². The monoisotopic (exact) mass is 328 g/mol. The molecule has 2 N–H and O–H groups in total. The standard InChI is InChI=1S/C19H24N2O3/c22-18(21-17(12-6-7-12)13-8-9-13)14-3-1-4-15(11-14)20-19(23)16-5-2-10-24-16/h1,3-4,11-13,16-17H,2,5-10H2,(H,20,23)(H,21,22). The van der Waals surface area contributed by atoms with Gasteiger partial charge in [0.15, 0.2) is 0 Å². The van der Waals surface area contributed by atoms with E-state index in [4.69, 9.17) is 4.74 Å². The Balaban J connectivity index is 1.39. The van der Waals surface area contributed by atoms with Crippen LogP contribution >= 0.6 is 0 Å². The third-order valence-electron chi connectivity index (χ3n) is 5.17. The van der Waals surface area contributed by atoms with Crippen LogP contribution in [0.3, 0.4) is 0 Å². The van der Waals surface area contributed by atoms with Gasteiger partial charge in [0.2, 0.25) is 0 Å². The van der Waals surface area contributed by atoms with Crippen LogP contribution in [0.2, 0.25) is 0 Å². The van der Waals surface area contributed by atoms with Gasteiger partial charge in [-0.1, -0.05) is 6.07 Å². The maximum absolute atomic E-state index is 12.6. The van der Waals surface area contributed by atoms with Crippen molar-refractivity contribution in [1.29, 1.82) is 0 Å². The van der Waals surface area contributed by atoms with E-state index in [0.717, 1.165) is 12.8 Å². The molecule has 2 aliphatic carbocycles. The third kappa shape index (κ3) is 3.61.